The van der Waals surface area contributed by atoms with Crippen molar-refractivity contribution in [3.8, 4) is 0 Å². The van der Waals surface area contributed by atoms with Gasteiger partial charge in [0.05, 0.1) is 22.8 Å². The first-order valence-electron chi connectivity index (χ1n) is 21.0. The molecule has 3 aromatic rings. The smallest absolute Gasteiger partial charge is 0.208 e. The number of aromatic nitrogens is 1. The lowest BCUT2D eigenvalue weighted by Gasteiger charge is -2.51. The highest BCUT2D eigenvalue weighted by molar-refractivity contribution is 6.16. The van der Waals surface area contributed by atoms with E-state index in [-0.39, 0.29) is 11.5 Å². The molecule has 0 amide bonds. The summed E-state index contributed by atoms with van der Waals surface area (Å²) in [6.07, 6.45) is 10.7. The van der Waals surface area contributed by atoms with E-state index in [1.807, 2.05) is 26.1 Å². The molecule has 4 fully saturated rings. The van der Waals surface area contributed by atoms with Crippen LogP contribution in [0.15, 0.2) is 84.3 Å². The van der Waals surface area contributed by atoms with Crippen LogP contribution in [0, 0.1) is 24.0 Å². The van der Waals surface area contributed by atoms with Crippen LogP contribution in [0.4, 0.5) is 20.2 Å². The van der Waals surface area contributed by atoms with Gasteiger partial charge in [0.1, 0.15) is 11.6 Å². The fourth-order valence-corrected chi connectivity index (χ4v) is 9.70. The fraction of sp³-hybridized carbons (Fsp3) is 0.426. The summed E-state index contributed by atoms with van der Waals surface area (Å²) in [5, 5.41) is 18.3. The molecule has 1 aromatic heterocycles. The summed E-state index contributed by atoms with van der Waals surface area (Å²) in [6.45, 7) is 18.8. The molecule has 58 heavy (non-hydrogen) atoms. The summed E-state index contributed by atoms with van der Waals surface area (Å²) < 4.78 is 30.8. The van der Waals surface area contributed by atoms with E-state index in [2.05, 4.69) is 68.6 Å². The van der Waals surface area contributed by atoms with Gasteiger partial charge in [-0.1, -0.05) is 38.6 Å². The second-order valence-corrected chi connectivity index (χ2v) is 16.7. The Labute approximate surface area is 342 Å². The van der Waals surface area contributed by atoms with Crippen molar-refractivity contribution in [1.82, 2.24) is 25.4 Å². The first-order valence-corrected chi connectivity index (χ1v) is 21.0. The molecule has 6 aliphatic heterocycles. The standard InChI is InChI=1S/C47H57F2N9/c1-29-11-15-38(32(4)52-29)46-40(48)21-33(22-41(46)49)17-19-56-27-37-14-13-36(56)28-57(37)26-34-12-16-43-45(23-34)58-18-9-7-6-8-10-42(51-5)39(25-50)44-24-35(20-30(2)53-44)31(3)54-47(58)55-43/h12,16,20-25,36-38,50-52H,1,3-4,6-11,13-15,17-19,26-28H2,2,5H3,(H,54,55)/b42-39+,50-25?/t36?,37?,38-/m0/s1. The summed E-state index contributed by atoms with van der Waals surface area (Å²) in [4.78, 5) is 17.4. The van der Waals surface area contributed by atoms with Gasteiger partial charge in [-0.25, -0.2) is 13.8 Å². The van der Waals surface area contributed by atoms with Gasteiger partial charge < -0.3 is 26.3 Å². The number of piperazine rings is 1. The zero-order chi connectivity index (χ0) is 40.5. The highest BCUT2D eigenvalue weighted by atomic mass is 19.1. The molecular weight excluding hydrogens is 729 g/mol. The molecule has 4 saturated heterocycles. The van der Waals surface area contributed by atoms with Crippen molar-refractivity contribution in [2.45, 2.75) is 95.7 Å². The zero-order valence-electron chi connectivity index (χ0n) is 34.1. The number of rotatable bonds is 8. The fourth-order valence-electron chi connectivity index (χ4n) is 9.70. The van der Waals surface area contributed by atoms with Crippen LogP contribution >= 0.6 is 0 Å². The summed E-state index contributed by atoms with van der Waals surface area (Å²) in [5.74, 6) is -0.567. The van der Waals surface area contributed by atoms with E-state index in [4.69, 9.17) is 15.4 Å². The van der Waals surface area contributed by atoms with Crippen molar-refractivity contribution in [2.24, 2.45) is 4.99 Å². The lowest BCUT2D eigenvalue weighted by molar-refractivity contribution is -0.0243. The maximum absolute atomic E-state index is 15.4. The van der Waals surface area contributed by atoms with Gasteiger partial charge in [0.2, 0.25) is 5.96 Å². The van der Waals surface area contributed by atoms with Crippen LogP contribution in [0.25, 0.3) is 11.3 Å². The maximum Gasteiger partial charge on any atom is 0.208 e. The molecule has 0 aliphatic carbocycles. The Morgan fingerprint density at radius 1 is 0.897 bits per heavy atom. The van der Waals surface area contributed by atoms with Crippen molar-refractivity contribution in [3.05, 3.63) is 125 Å². The monoisotopic (exact) mass is 785 g/mol. The van der Waals surface area contributed by atoms with E-state index in [9.17, 15) is 0 Å². The first kappa shape index (κ1) is 39.7. The van der Waals surface area contributed by atoms with Crippen LogP contribution in [0.2, 0.25) is 0 Å². The van der Waals surface area contributed by atoms with Crippen molar-refractivity contribution in [1.29, 1.82) is 5.41 Å². The predicted octanol–water partition coefficient (Wildman–Crippen LogP) is 8.86. The average Bonchev–Trinajstić information content (AvgIpc) is 3.53. The minimum atomic E-state index is -0.481. The Hall–Kier alpha value is -5.13. The zero-order valence-corrected chi connectivity index (χ0v) is 34.1. The topological polar surface area (TPSA) is 94.9 Å². The minimum absolute atomic E-state index is 0.116. The first-order chi connectivity index (χ1) is 28.1. The molecule has 6 aliphatic rings. The number of aryl methyl sites for hydroxylation is 1. The molecule has 9 rings (SSSR count). The summed E-state index contributed by atoms with van der Waals surface area (Å²) in [6, 6.07) is 14.7. The number of anilines is 2. The van der Waals surface area contributed by atoms with Crippen LogP contribution in [0.1, 0.15) is 97.3 Å². The number of piperidine rings is 3. The normalized spacial score (nSPS) is 25.2. The summed E-state index contributed by atoms with van der Waals surface area (Å²) in [7, 11) is 1.92. The average molecular weight is 786 g/mol. The minimum Gasteiger partial charge on any atom is -0.391 e. The van der Waals surface area contributed by atoms with Gasteiger partial charge in [0.25, 0.3) is 0 Å². The van der Waals surface area contributed by atoms with Gasteiger partial charge in [-0.3, -0.25) is 14.8 Å². The second kappa shape index (κ2) is 17.0. The number of hydrogen-bond donors (Lipinski definition) is 4. The van der Waals surface area contributed by atoms with Crippen LogP contribution < -0.4 is 20.9 Å². The third-order valence-electron chi connectivity index (χ3n) is 12.8. The molecule has 4 bridgehead atoms. The third-order valence-corrected chi connectivity index (χ3v) is 12.8. The Kier molecular flexibility index (Phi) is 11.6. The van der Waals surface area contributed by atoms with E-state index in [1.165, 1.54) is 23.9 Å². The summed E-state index contributed by atoms with van der Waals surface area (Å²) >= 11 is 0. The Morgan fingerprint density at radius 3 is 2.38 bits per heavy atom. The molecule has 0 radical (unpaired) electrons. The van der Waals surface area contributed by atoms with E-state index >= 15 is 8.78 Å². The molecule has 304 valence electrons. The van der Waals surface area contributed by atoms with Crippen molar-refractivity contribution >= 4 is 34.8 Å². The van der Waals surface area contributed by atoms with Gasteiger partial charge in [-0.05, 0) is 106 Å². The Bertz CT molecular complexity index is 2170. The highest BCUT2D eigenvalue weighted by Crippen LogP contribution is 2.38. The van der Waals surface area contributed by atoms with Crippen LogP contribution in [0.5, 0.6) is 0 Å². The number of fused-ring (bicyclic) bond motifs is 8. The third kappa shape index (κ3) is 8.25. The molecule has 2 unspecified atom stereocenters. The van der Waals surface area contributed by atoms with Gasteiger partial charge >= 0.3 is 0 Å². The van der Waals surface area contributed by atoms with Crippen molar-refractivity contribution < 1.29 is 8.78 Å². The van der Waals surface area contributed by atoms with Gasteiger partial charge in [-0.2, -0.15) is 0 Å². The van der Waals surface area contributed by atoms with E-state index in [0.29, 0.717) is 48.3 Å². The number of guanidine groups is 1. The lowest BCUT2D eigenvalue weighted by atomic mass is 9.86. The highest BCUT2D eigenvalue weighted by Gasteiger charge is 2.39. The van der Waals surface area contributed by atoms with Crippen LogP contribution in [-0.4, -0.2) is 72.3 Å². The predicted molar refractivity (Wildman–Crippen MR) is 233 cm³/mol. The molecule has 9 nitrogen and oxygen atoms in total. The number of hydrogen-bond acceptors (Lipinski definition) is 9. The van der Waals surface area contributed by atoms with Gasteiger partial charge in [-0.15, -0.1) is 0 Å². The Balaban J connectivity index is 0.942. The summed E-state index contributed by atoms with van der Waals surface area (Å²) in [5.41, 5.74) is 10.7. The number of allylic oxidation sites excluding steroid dienone is 4. The van der Waals surface area contributed by atoms with Gasteiger partial charge in [0.15, 0.2) is 0 Å². The number of pyridine rings is 1. The van der Waals surface area contributed by atoms with Crippen LogP contribution in [0.3, 0.4) is 0 Å². The molecule has 0 spiro atoms. The van der Waals surface area contributed by atoms with E-state index in [1.54, 1.807) is 0 Å². The van der Waals surface area contributed by atoms with E-state index < -0.39 is 11.6 Å². The number of aliphatic imine (C=N–C) groups is 1. The molecule has 4 N–H and O–H groups in total. The quantitative estimate of drug-likeness (QED) is 0.170. The van der Waals surface area contributed by atoms with Crippen LogP contribution in [-0.2, 0) is 13.0 Å². The lowest BCUT2D eigenvalue weighted by Crippen LogP contribution is -2.62. The Morgan fingerprint density at radius 2 is 1.66 bits per heavy atom. The molecular formula is C47H57F2N9. The van der Waals surface area contributed by atoms with E-state index in [0.717, 1.165) is 129 Å². The molecule has 7 heterocycles. The number of nitrogens with zero attached hydrogens (tertiary/aromatic N) is 5. The second-order valence-electron chi connectivity index (χ2n) is 16.7. The largest absolute Gasteiger partial charge is 0.391 e. The molecule has 2 aromatic carbocycles. The van der Waals surface area contributed by atoms with Gasteiger partial charge in [0, 0.05) is 103 Å². The SMILES string of the molecule is C=C1CC[C@H](c2c(F)cc(CCN3CC4CCC3CN4Cc3ccc4c(c3)N3CCCCCC/C(NC)=C(/C=N)c5cc(cc(C)n5)C(=C)/N=C/3N4)cc2F)C(=C)N1. The maximum atomic E-state index is 15.4. The molecule has 11 heteroatoms. The van der Waals surface area contributed by atoms with Crippen molar-refractivity contribution in [3.63, 3.8) is 0 Å². The number of nitrogens with one attached hydrogen (secondary N) is 4. The number of benzene rings is 2. The molecule has 0 saturated carbocycles. The van der Waals surface area contributed by atoms with Crippen molar-refractivity contribution in [2.75, 3.05) is 43.4 Å². The molecule has 3 atom stereocenters. The number of halogens is 2.